The van der Waals surface area contributed by atoms with Crippen LogP contribution in [0, 0.1) is 34.0 Å². The Morgan fingerprint density at radius 3 is 1.50 bits per heavy atom. The van der Waals surface area contributed by atoms with Crippen LogP contribution >= 0.6 is 0 Å². The lowest BCUT2D eigenvalue weighted by Crippen LogP contribution is -2.00. The second-order valence-corrected chi connectivity index (χ2v) is 12.3. The summed E-state index contributed by atoms with van der Waals surface area (Å²) in [6, 6.07) is 57.7. The largest absolute Gasteiger partial charge is 0.309 e. The number of nitrogens with zero attached hydrogens (tertiary/aromatic N) is 5. The van der Waals surface area contributed by atoms with E-state index in [9.17, 15) is 15.8 Å². The number of benzene rings is 7. The molecular formula is C45H25N5. The molecule has 9 aromatic rings. The third-order valence-corrected chi connectivity index (χ3v) is 9.64. The molecule has 9 rings (SSSR count). The Kier molecular flexibility index (Phi) is 6.56. The van der Waals surface area contributed by atoms with E-state index < -0.39 is 0 Å². The first kappa shape index (κ1) is 28.8. The van der Waals surface area contributed by atoms with E-state index in [0.29, 0.717) is 16.7 Å². The molecule has 0 spiro atoms. The lowest BCUT2D eigenvalue weighted by atomic mass is 9.90. The van der Waals surface area contributed by atoms with Gasteiger partial charge in [-0.05, 0) is 71.8 Å². The summed E-state index contributed by atoms with van der Waals surface area (Å²) in [5.74, 6) is 0. The molecule has 0 radical (unpaired) electrons. The van der Waals surface area contributed by atoms with Crippen LogP contribution in [0.5, 0.6) is 0 Å². The van der Waals surface area contributed by atoms with Crippen LogP contribution in [0.2, 0.25) is 0 Å². The normalized spacial score (nSPS) is 11.1. The predicted molar refractivity (Wildman–Crippen MR) is 200 cm³/mol. The predicted octanol–water partition coefficient (Wildman–Crippen LogP) is 10.8. The first-order valence-electron chi connectivity index (χ1n) is 16.3. The maximum atomic E-state index is 10.6. The average molecular weight is 636 g/mol. The van der Waals surface area contributed by atoms with Crippen molar-refractivity contribution in [2.75, 3.05) is 0 Å². The molecule has 0 aliphatic heterocycles. The van der Waals surface area contributed by atoms with Crippen LogP contribution in [0.25, 0.3) is 77.2 Å². The van der Waals surface area contributed by atoms with Crippen LogP contribution in [-0.2, 0) is 0 Å². The molecule has 2 heterocycles. The zero-order valence-corrected chi connectivity index (χ0v) is 26.7. The van der Waals surface area contributed by atoms with E-state index in [1.54, 1.807) is 0 Å². The van der Waals surface area contributed by atoms with Gasteiger partial charge < -0.3 is 9.13 Å². The summed E-state index contributed by atoms with van der Waals surface area (Å²) < 4.78 is 4.40. The molecule has 7 aromatic carbocycles. The molecule has 0 atom stereocenters. The maximum absolute atomic E-state index is 10.6. The van der Waals surface area contributed by atoms with Crippen molar-refractivity contribution >= 4 is 43.6 Å². The second kappa shape index (κ2) is 11.4. The zero-order chi connectivity index (χ0) is 33.8. The fourth-order valence-electron chi connectivity index (χ4n) is 7.47. The quantitative estimate of drug-likeness (QED) is 0.193. The minimum absolute atomic E-state index is 0.543. The van der Waals surface area contributed by atoms with Crippen molar-refractivity contribution in [1.82, 2.24) is 9.13 Å². The molecule has 0 bridgehead atoms. The molecule has 230 valence electrons. The van der Waals surface area contributed by atoms with E-state index in [1.807, 2.05) is 84.9 Å². The fourth-order valence-corrected chi connectivity index (χ4v) is 7.47. The number of hydrogen-bond acceptors (Lipinski definition) is 3. The second-order valence-electron chi connectivity index (χ2n) is 12.3. The van der Waals surface area contributed by atoms with Crippen LogP contribution in [-0.4, -0.2) is 9.13 Å². The first-order valence-corrected chi connectivity index (χ1v) is 16.3. The molecule has 5 heteroatoms. The third kappa shape index (κ3) is 4.31. The molecule has 0 unspecified atom stereocenters. The van der Waals surface area contributed by atoms with E-state index in [4.69, 9.17) is 0 Å². The Hall–Kier alpha value is -7.39. The van der Waals surface area contributed by atoms with Crippen molar-refractivity contribution in [2.24, 2.45) is 0 Å². The zero-order valence-electron chi connectivity index (χ0n) is 26.7. The smallest absolute Gasteiger partial charge is 0.0998 e. The standard InChI is InChI=1S/C45H25N5/c46-26-29-18-22-44-40(23-29)38-13-5-6-14-41(38)49(44)32-19-21-33(31(25-32)28-48)34-9-1-2-10-35(34)39-20-17-30(27-47)24-45(39)50-42-15-7-3-11-36(42)37-12-4-8-16-43(37)50/h1-25H. The minimum Gasteiger partial charge on any atom is -0.309 e. The van der Waals surface area contributed by atoms with Gasteiger partial charge in [0.1, 0.15) is 0 Å². The highest BCUT2D eigenvalue weighted by molar-refractivity contribution is 6.11. The SMILES string of the molecule is N#Cc1ccc(-c2ccccc2-c2ccc(-n3c4ccccc4c4cc(C#N)ccc43)cc2C#N)c(-n2c3ccccc3c3ccccc32)c1. The molecule has 50 heavy (non-hydrogen) atoms. The van der Waals surface area contributed by atoms with Crippen LogP contribution < -0.4 is 0 Å². The molecular weight excluding hydrogens is 611 g/mol. The van der Waals surface area contributed by atoms with Gasteiger partial charge in [-0.25, -0.2) is 0 Å². The summed E-state index contributed by atoms with van der Waals surface area (Å²) in [5, 5.41) is 34.5. The Morgan fingerprint density at radius 2 is 0.860 bits per heavy atom. The van der Waals surface area contributed by atoms with Gasteiger partial charge in [0.05, 0.1) is 62.7 Å². The number of fused-ring (bicyclic) bond motifs is 6. The summed E-state index contributed by atoms with van der Waals surface area (Å²) in [5.41, 5.74) is 11.2. The number of para-hydroxylation sites is 3. The molecule has 0 saturated carbocycles. The Bertz CT molecular complexity index is 2920. The third-order valence-electron chi connectivity index (χ3n) is 9.64. The average Bonchev–Trinajstić information content (AvgIpc) is 3.70. The Morgan fingerprint density at radius 1 is 0.360 bits per heavy atom. The van der Waals surface area contributed by atoms with Crippen LogP contribution in [0.3, 0.4) is 0 Å². The van der Waals surface area contributed by atoms with E-state index in [0.717, 1.165) is 77.2 Å². The van der Waals surface area contributed by atoms with Gasteiger partial charge >= 0.3 is 0 Å². The van der Waals surface area contributed by atoms with Gasteiger partial charge in [-0.3, -0.25) is 0 Å². The van der Waals surface area contributed by atoms with Crippen molar-refractivity contribution in [3.63, 3.8) is 0 Å². The lowest BCUT2D eigenvalue weighted by molar-refractivity contribution is 1.17. The van der Waals surface area contributed by atoms with Gasteiger partial charge in [-0.1, -0.05) is 91.0 Å². The maximum Gasteiger partial charge on any atom is 0.0998 e. The highest BCUT2D eigenvalue weighted by atomic mass is 15.0. The van der Waals surface area contributed by atoms with Gasteiger partial charge in [-0.2, -0.15) is 15.8 Å². The minimum atomic E-state index is 0.543. The van der Waals surface area contributed by atoms with Gasteiger partial charge in [0.25, 0.3) is 0 Å². The molecule has 5 nitrogen and oxygen atoms in total. The summed E-state index contributed by atoms with van der Waals surface area (Å²) >= 11 is 0. The Labute approximate surface area is 287 Å². The molecule has 2 aromatic heterocycles. The summed E-state index contributed by atoms with van der Waals surface area (Å²) in [6.07, 6.45) is 0. The van der Waals surface area contributed by atoms with Crippen molar-refractivity contribution in [3.05, 3.63) is 168 Å². The van der Waals surface area contributed by atoms with Gasteiger partial charge in [0.2, 0.25) is 0 Å². The highest BCUT2D eigenvalue weighted by Crippen LogP contribution is 2.41. The molecule has 0 amide bonds. The van der Waals surface area contributed by atoms with Crippen molar-refractivity contribution in [3.8, 4) is 51.8 Å². The highest BCUT2D eigenvalue weighted by Gasteiger charge is 2.20. The van der Waals surface area contributed by atoms with Crippen LogP contribution in [0.15, 0.2) is 152 Å². The molecule has 0 fully saturated rings. The first-order chi connectivity index (χ1) is 24.7. The number of rotatable bonds is 4. The van der Waals surface area contributed by atoms with Crippen molar-refractivity contribution < 1.29 is 0 Å². The summed E-state index contributed by atoms with van der Waals surface area (Å²) in [6.45, 7) is 0. The molecule has 0 aliphatic carbocycles. The van der Waals surface area contributed by atoms with E-state index >= 15 is 0 Å². The fraction of sp³-hybridized carbons (Fsp3) is 0. The number of nitriles is 3. The lowest BCUT2D eigenvalue weighted by Gasteiger charge is -2.18. The van der Waals surface area contributed by atoms with Crippen molar-refractivity contribution in [1.29, 1.82) is 15.8 Å². The van der Waals surface area contributed by atoms with E-state index in [1.165, 1.54) is 0 Å². The molecule has 0 aliphatic rings. The monoisotopic (exact) mass is 635 g/mol. The van der Waals surface area contributed by atoms with Crippen molar-refractivity contribution in [2.45, 2.75) is 0 Å². The molecule has 0 N–H and O–H groups in total. The number of hydrogen-bond donors (Lipinski definition) is 0. The van der Waals surface area contributed by atoms with E-state index in [-0.39, 0.29) is 0 Å². The summed E-state index contributed by atoms with van der Waals surface area (Å²) in [7, 11) is 0. The summed E-state index contributed by atoms with van der Waals surface area (Å²) in [4.78, 5) is 0. The van der Waals surface area contributed by atoms with Gasteiger partial charge in [0.15, 0.2) is 0 Å². The van der Waals surface area contributed by atoms with Crippen LogP contribution in [0.1, 0.15) is 16.7 Å². The van der Waals surface area contributed by atoms with Gasteiger partial charge in [-0.15, -0.1) is 0 Å². The van der Waals surface area contributed by atoms with E-state index in [2.05, 4.69) is 94.1 Å². The topological polar surface area (TPSA) is 81.2 Å². The number of aromatic nitrogens is 2. The van der Waals surface area contributed by atoms with Gasteiger partial charge in [0, 0.05) is 38.4 Å². The van der Waals surface area contributed by atoms with Crippen LogP contribution in [0.4, 0.5) is 0 Å². The Balaban J connectivity index is 1.26. The molecule has 0 saturated heterocycles.